The second-order valence-corrected chi connectivity index (χ2v) is 8.56. The van der Waals surface area contributed by atoms with Crippen LogP contribution < -0.4 is 4.90 Å². The van der Waals surface area contributed by atoms with Crippen molar-refractivity contribution in [3.05, 3.63) is 52.9 Å². The zero-order valence-electron chi connectivity index (χ0n) is 15.9. The first kappa shape index (κ1) is 18.2. The molecule has 6 heteroatoms. The number of fused-ring (bicyclic) bond motifs is 1. The number of rotatable bonds is 5. The molecule has 1 N–H and O–H groups in total. The quantitative estimate of drug-likeness (QED) is 0.736. The predicted molar refractivity (Wildman–Crippen MR) is 107 cm³/mol. The molecule has 1 aliphatic heterocycles. The highest BCUT2D eigenvalue weighted by Gasteiger charge is 2.27. The SMILES string of the molecule is Cc1ccc(C[NH+](C)CC(=O)N2CCC(c3nc4ccccc4s3)CC2)o1. The van der Waals surface area contributed by atoms with Crippen LogP contribution in [-0.2, 0) is 11.3 Å². The Balaban J connectivity index is 1.29. The van der Waals surface area contributed by atoms with Gasteiger partial charge in [0, 0.05) is 19.0 Å². The Morgan fingerprint density at radius 1 is 1.26 bits per heavy atom. The molecule has 0 saturated carbocycles. The van der Waals surface area contributed by atoms with Crippen molar-refractivity contribution in [3.63, 3.8) is 0 Å². The summed E-state index contributed by atoms with van der Waals surface area (Å²) in [5.41, 5.74) is 1.09. The van der Waals surface area contributed by atoms with Gasteiger partial charge < -0.3 is 14.2 Å². The van der Waals surface area contributed by atoms with E-state index in [1.165, 1.54) is 9.71 Å². The third kappa shape index (κ3) is 4.22. The Bertz CT molecular complexity index is 891. The molecule has 1 fully saturated rings. The summed E-state index contributed by atoms with van der Waals surface area (Å²) in [6, 6.07) is 12.3. The number of aryl methyl sites for hydroxylation is 1. The van der Waals surface area contributed by atoms with Crippen LogP contribution in [0.3, 0.4) is 0 Å². The zero-order chi connectivity index (χ0) is 18.8. The molecule has 1 amide bonds. The van der Waals surface area contributed by atoms with Crippen molar-refractivity contribution in [2.45, 2.75) is 32.2 Å². The number of piperidine rings is 1. The van der Waals surface area contributed by atoms with Crippen molar-refractivity contribution in [2.75, 3.05) is 26.7 Å². The lowest BCUT2D eigenvalue weighted by atomic mass is 9.97. The van der Waals surface area contributed by atoms with Crippen LogP contribution in [0, 0.1) is 6.92 Å². The molecule has 4 rings (SSSR count). The van der Waals surface area contributed by atoms with Crippen molar-refractivity contribution >= 4 is 27.5 Å². The minimum Gasteiger partial charge on any atom is -0.460 e. The number of likely N-dealkylation sites (tertiary alicyclic amines) is 1. The largest absolute Gasteiger partial charge is 0.460 e. The zero-order valence-corrected chi connectivity index (χ0v) is 16.7. The second-order valence-electron chi connectivity index (χ2n) is 7.50. The first-order valence-corrected chi connectivity index (χ1v) is 10.4. The Morgan fingerprint density at radius 3 is 2.74 bits per heavy atom. The number of nitrogens with one attached hydrogen (secondary N) is 1. The van der Waals surface area contributed by atoms with Gasteiger partial charge in [-0.1, -0.05) is 12.1 Å². The van der Waals surface area contributed by atoms with Gasteiger partial charge in [-0.25, -0.2) is 4.98 Å². The first-order valence-electron chi connectivity index (χ1n) is 9.58. The molecule has 3 heterocycles. The average molecular weight is 385 g/mol. The number of nitrogens with zero attached hydrogens (tertiary/aromatic N) is 2. The van der Waals surface area contributed by atoms with Crippen LogP contribution >= 0.6 is 11.3 Å². The maximum atomic E-state index is 12.6. The summed E-state index contributed by atoms with van der Waals surface area (Å²) in [6.07, 6.45) is 2.00. The van der Waals surface area contributed by atoms with Crippen molar-refractivity contribution < 1.29 is 14.1 Å². The summed E-state index contributed by atoms with van der Waals surface area (Å²) in [5.74, 6) is 2.56. The standard InChI is InChI=1S/C21H25N3O2S/c1-15-7-8-17(26-15)13-23(2)14-20(25)24-11-9-16(10-12-24)21-22-18-5-3-4-6-19(18)27-21/h3-8,16H,9-14H2,1-2H3/p+1. The number of hydrogen-bond acceptors (Lipinski definition) is 4. The van der Waals surface area contributed by atoms with E-state index in [1.807, 2.05) is 37.1 Å². The Labute approximate surface area is 163 Å². The average Bonchev–Trinajstić information content (AvgIpc) is 3.27. The maximum Gasteiger partial charge on any atom is 0.277 e. The van der Waals surface area contributed by atoms with Crippen LogP contribution in [0.5, 0.6) is 0 Å². The highest BCUT2D eigenvalue weighted by atomic mass is 32.1. The fourth-order valence-corrected chi connectivity index (χ4v) is 4.89. The minimum absolute atomic E-state index is 0.235. The summed E-state index contributed by atoms with van der Waals surface area (Å²) in [6.45, 7) is 4.84. The molecular formula is C21H26N3O2S+. The molecule has 142 valence electrons. The number of furan rings is 1. The number of amides is 1. The molecule has 3 aromatic rings. The molecule has 27 heavy (non-hydrogen) atoms. The second kappa shape index (κ2) is 7.82. The monoisotopic (exact) mass is 384 g/mol. The molecule has 1 unspecified atom stereocenters. The lowest BCUT2D eigenvalue weighted by molar-refractivity contribution is -0.886. The van der Waals surface area contributed by atoms with Gasteiger partial charge in [-0.15, -0.1) is 11.3 Å². The van der Waals surface area contributed by atoms with Gasteiger partial charge >= 0.3 is 0 Å². The van der Waals surface area contributed by atoms with Gasteiger partial charge in [0.1, 0.15) is 12.3 Å². The van der Waals surface area contributed by atoms with E-state index in [4.69, 9.17) is 9.40 Å². The number of para-hydroxylation sites is 1. The molecular weight excluding hydrogens is 358 g/mol. The van der Waals surface area contributed by atoms with Gasteiger partial charge in [-0.05, 0) is 44.0 Å². The highest BCUT2D eigenvalue weighted by molar-refractivity contribution is 7.18. The van der Waals surface area contributed by atoms with E-state index in [9.17, 15) is 4.79 Å². The van der Waals surface area contributed by atoms with Crippen LogP contribution in [0.15, 0.2) is 40.8 Å². The summed E-state index contributed by atoms with van der Waals surface area (Å²) < 4.78 is 6.87. The van der Waals surface area contributed by atoms with Crippen LogP contribution in [0.4, 0.5) is 0 Å². The number of hydrogen-bond donors (Lipinski definition) is 1. The minimum atomic E-state index is 0.235. The van der Waals surface area contributed by atoms with E-state index in [2.05, 4.69) is 18.2 Å². The topological polar surface area (TPSA) is 50.8 Å². The van der Waals surface area contributed by atoms with E-state index >= 15 is 0 Å². The first-order chi connectivity index (χ1) is 13.1. The van der Waals surface area contributed by atoms with Crippen LogP contribution in [-0.4, -0.2) is 42.5 Å². The number of aromatic nitrogens is 1. The maximum absolute atomic E-state index is 12.6. The van der Waals surface area contributed by atoms with E-state index in [0.717, 1.165) is 54.4 Å². The van der Waals surface area contributed by atoms with E-state index in [-0.39, 0.29) is 5.91 Å². The van der Waals surface area contributed by atoms with Gasteiger partial charge in [-0.3, -0.25) is 4.79 Å². The van der Waals surface area contributed by atoms with Gasteiger partial charge in [0.05, 0.1) is 22.3 Å². The van der Waals surface area contributed by atoms with Crippen LogP contribution in [0.25, 0.3) is 10.2 Å². The Hall–Kier alpha value is -2.18. The van der Waals surface area contributed by atoms with E-state index in [1.54, 1.807) is 11.3 Å². The van der Waals surface area contributed by atoms with Crippen molar-refractivity contribution in [1.82, 2.24) is 9.88 Å². The molecule has 0 aliphatic carbocycles. The molecule has 5 nitrogen and oxygen atoms in total. The van der Waals surface area contributed by atoms with Crippen LogP contribution in [0.1, 0.15) is 35.3 Å². The highest BCUT2D eigenvalue weighted by Crippen LogP contribution is 2.33. The van der Waals surface area contributed by atoms with Crippen molar-refractivity contribution in [2.24, 2.45) is 0 Å². The molecule has 2 aromatic heterocycles. The Morgan fingerprint density at radius 2 is 2.04 bits per heavy atom. The van der Waals surface area contributed by atoms with Gasteiger partial charge in [0.15, 0.2) is 12.3 Å². The summed E-state index contributed by atoms with van der Waals surface area (Å²) >= 11 is 1.80. The normalized spacial score (nSPS) is 16.7. The summed E-state index contributed by atoms with van der Waals surface area (Å²) in [4.78, 5) is 20.6. The number of likely N-dealkylation sites (N-methyl/N-ethyl adjacent to an activating group) is 1. The fraction of sp³-hybridized carbons (Fsp3) is 0.429. The number of carbonyl (C=O) groups excluding carboxylic acids is 1. The number of quaternary nitrogens is 1. The van der Waals surface area contributed by atoms with E-state index in [0.29, 0.717) is 12.5 Å². The van der Waals surface area contributed by atoms with E-state index < -0.39 is 0 Å². The van der Waals surface area contributed by atoms with Gasteiger partial charge in [0.25, 0.3) is 5.91 Å². The van der Waals surface area contributed by atoms with Gasteiger partial charge in [0.2, 0.25) is 0 Å². The van der Waals surface area contributed by atoms with Gasteiger partial charge in [-0.2, -0.15) is 0 Å². The lowest BCUT2D eigenvalue weighted by Gasteiger charge is -2.31. The van der Waals surface area contributed by atoms with Crippen molar-refractivity contribution in [3.8, 4) is 0 Å². The lowest BCUT2D eigenvalue weighted by Crippen LogP contribution is -3.08. The molecule has 1 atom stereocenters. The van der Waals surface area contributed by atoms with Crippen LogP contribution in [0.2, 0.25) is 0 Å². The molecule has 0 spiro atoms. The smallest absolute Gasteiger partial charge is 0.277 e. The molecule has 0 radical (unpaired) electrons. The summed E-state index contributed by atoms with van der Waals surface area (Å²) in [5, 5.41) is 1.22. The molecule has 0 bridgehead atoms. The third-order valence-electron chi connectivity index (χ3n) is 5.23. The third-order valence-corrected chi connectivity index (χ3v) is 6.43. The number of benzene rings is 1. The molecule has 1 aliphatic rings. The Kier molecular flexibility index (Phi) is 5.27. The summed E-state index contributed by atoms with van der Waals surface area (Å²) in [7, 11) is 2.05. The molecule has 1 saturated heterocycles. The fourth-order valence-electron chi connectivity index (χ4n) is 3.75. The predicted octanol–water partition coefficient (Wildman–Crippen LogP) is 2.62. The number of thiazole rings is 1. The van der Waals surface area contributed by atoms with Crippen molar-refractivity contribution in [1.29, 1.82) is 0 Å². The number of carbonyl (C=O) groups is 1. The molecule has 1 aromatic carbocycles.